The van der Waals surface area contributed by atoms with Crippen LogP contribution in [0.1, 0.15) is 23.0 Å². The van der Waals surface area contributed by atoms with Crippen molar-refractivity contribution >= 4 is 27.6 Å². The van der Waals surface area contributed by atoms with Crippen LogP contribution >= 0.6 is 0 Å². The lowest BCUT2D eigenvalue weighted by Gasteiger charge is -2.11. The van der Waals surface area contributed by atoms with Gasteiger partial charge in [0, 0.05) is 0 Å². The quantitative estimate of drug-likeness (QED) is 0.598. The molecule has 2 rings (SSSR count). The summed E-state index contributed by atoms with van der Waals surface area (Å²) in [5.74, 6) is -1.67. The minimum Gasteiger partial charge on any atom is -0.480 e. The Labute approximate surface area is 143 Å². The molecule has 3 N–H and O–H groups in total. The first kappa shape index (κ1) is 18.4. The van der Waals surface area contributed by atoms with Crippen LogP contribution in [0.25, 0.3) is 0 Å². The normalized spacial score (nSPS) is 11.1. The second kappa shape index (κ2) is 7.75. The van der Waals surface area contributed by atoms with E-state index >= 15 is 0 Å². The first-order chi connectivity index (χ1) is 11.8. The van der Waals surface area contributed by atoms with E-state index in [0.717, 1.165) is 4.68 Å². The van der Waals surface area contributed by atoms with E-state index in [1.807, 2.05) is 0 Å². The molecule has 1 aromatic heterocycles. The summed E-state index contributed by atoms with van der Waals surface area (Å²) in [5, 5.41) is 18.6. The van der Waals surface area contributed by atoms with Crippen LogP contribution in [-0.2, 0) is 27.9 Å². The molecule has 0 saturated carbocycles. The fraction of sp³-hybridized carbons (Fsp3) is 0.286. The fourth-order valence-corrected chi connectivity index (χ4v) is 2.57. The standard InChI is InChI=1S/C14H17N5O5S/c1-2-25(23,24)17-12-6-4-3-5-11(12)14(22)15-7-10-8-19(18-16-10)9-13(20)21/h3-6,8,17H,2,7,9H2,1H3,(H,15,22)(H,20,21). The summed E-state index contributed by atoms with van der Waals surface area (Å²) in [7, 11) is -3.52. The van der Waals surface area contributed by atoms with Gasteiger partial charge in [0.2, 0.25) is 10.0 Å². The highest BCUT2D eigenvalue weighted by Crippen LogP contribution is 2.16. The van der Waals surface area contributed by atoms with Gasteiger partial charge >= 0.3 is 5.97 Å². The second-order valence-electron chi connectivity index (χ2n) is 5.03. The van der Waals surface area contributed by atoms with Crippen LogP contribution in [0.2, 0.25) is 0 Å². The van der Waals surface area contributed by atoms with Crippen molar-refractivity contribution in [2.45, 2.75) is 20.0 Å². The SMILES string of the molecule is CCS(=O)(=O)Nc1ccccc1C(=O)NCc1cn(CC(=O)O)nn1. The number of aromatic nitrogens is 3. The lowest BCUT2D eigenvalue weighted by atomic mass is 10.1. The Bertz CT molecular complexity index is 877. The molecule has 1 heterocycles. The number of benzene rings is 1. The van der Waals surface area contributed by atoms with Gasteiger partial charge in [-0.2, -0.15) is 0 Å². The van der Waals surface area contributed by atoms with Gasteiger partial charge in [-0.1, -0.05) is 17.3 Å². The summed E-state index contributed by atoms with van der Waals surface area (Å²) < 4.78 is 26.9. The number of amides is 1. The van der Waals surface area contributed by atoms with Gasteiger partial charge in [-0.05, 0) is 19.1 Å². The number of anilines is 1. The number of nitrogens with zero attached hydrogens (tertiary/aromatic N) is 3. The fourth-order valence-electron chi connectivity index (χ4n) is 1.91. The van der Waals surface area contributed by atoms with Crippen molar-refractivity contribution in [3.8, 4) is 0 Å². The topological polar surface area (TPSA) is 143 Å². The molecule has 2 aromatic rings. The van der Waals surface area contributed by atoms with E-state index in [0.29, 0.717) is 5.69 Å². The Kier molecular flexibility index (Phi) is 5.70. The van der Waals surface area contributed by atoms with Gasteiger partial charge in [0.1, 0.15) is 12.2 Å². The number of carboxylic acids is 1. The third-order valence-corrected chi connectivity index (χ3v) is 4.42. The van der Waals surface area contributed by atoms with Crippen LogP contribution in [0.5, 0.6) is 0 Å². The van der Waals surface area contributed by atoms with Gasteiger partial charge in [0.15, 0.2) is 0 Å². The second-order valence-corrected chi connectivity index (χ2v) is 7.05. The van der Waals surface area contributed by atoms with E-state index < -0.39 is 21.9 Å². The monoisotopic (exact) mass is 367 g/mol. The molecule has 0 saturated heterocycles. The maximum Gasteiger partial charge on any atom is 0.325 e. The predicted molar refractivity (Wildman–Crippen MR) is 88.4 cm³/mol. The van der Waals surface area contributed by atoms with Crippen molar-refractivity contribution in [2.24, 2.45) is 0 Å². The van der Waals surface area contributed by atoms with E-state index in [1.165, 1.54) is 25.3 Å². The molecule has 1 amide bonds. The Hall–Kier alpha value is -2.95. The highest BCUT2D eigenvalue weighted by Gasteiger charge is 2.15. The van der Waals surface area contributed by atoms with Crippen LogP contribution in [0.4, 0.5) is 5.69 Å². The largest absolute Gasteiger partial charge is 0.480 e. The molecule has 1 aromatic carbocycles. The molecule has 0 spiro atoms. The van der Waals surface area contributed by atoms with Crippen LogP contribution in [0.3, 0.4) is 0 Å². The summed E-state index contributed by atoms with van der Waals surface area (Å²) in [6.07, 6.45) is 1.40. The lowest BCUT2D eigenvalue weighted by molar-refractivity contribution is -0.137. The molecule has 10 nitrogen and oxygen atoms in total. The Morgan fingerprint density at radius 3 is 2.68 bits per heavy atom. The number of hydrogen-bond acceptors (Lipinski definition) is 6. The van der Waals surface area contributed by atoms with Gasteiger partial charge in [0.25, 0.3) is 5.91 Å². The zero-order chi connectivity index (χ0) is 18.4. The Morgan fingerprint density at radius 2 is 2.00 bits per heavy atom. The Balaban J connectivity index is 2.06. The highest BCUT2D eigenvalue weighted by molar-refractivity contribution is 7.92. The molecule has 0 bridgehead atoms. The molecule has 134 valence electrons. The van der Waals surface area contributed by atoms with Gasteiger partial charge in [-0.25, -0.2) is 13.1 Å². The minimum absolute atomic E-state index is 0.0211. The number of hydrogen-bond donors (Lipinski definition) is 3. The van der Waals surface area contributed by atoms with Crippen LogP contribution < -0.4 is 10.0 Å². The van der Waals surface area contributed by atoms with E-state index in [-0.39, 0.29) is 30.1 Å². The van der Waals surface area contributed by atoms with Crippen molar-refractivity contribution in [2.75, 3.05) is 10.5 Å². The maximum absolute atomic E-state index is 12.3. The first-order valence-corrected chi connectivity index (χ1v) is 8.94. The summed E-state index contributed by atoms with van der Waals surface area (Å²) in [4.78, 5) is 22.9. The maximum atomic E-state index is 12.3. The number of carbonyl (C=O) groups is 2. The number of sulfonamides is 1. The number of carbonyl (C=O) groups excluding carboxylic acids is 1. The molecule has 0 atom stereocenters. The van der Waals surface area contributed by atoms with Crippen molar-refractivity contribution in [1.29, 1.82) is 0 Å². The molecule has 0 fully saturated rings. The van der Waals surface area contributed by atoms with Crippen LogP contribution in [0, 0.1) is 0 Å². The van der Waals surface area contributed by atoms with E-state index in [9.17, 15) is 18.0 Å². The third-order valence-electron chi connectivity index (χ3n) is 3.13. The molecular formula is C14H17N5O5S. The number of aliphatic carboxylic acids is 1. The zero-order valence-corrected chi connectivity index (χ0v) is 14.2. The van der Waals surface area contributed by atoms with Gasteiger partial charge in [-0.3, -0.25) is 14.3 Å². The van der Waals surface area contributed by atoms with E-state index in [1.54, 1.807) is 12.1 Å². The molecule has 11 heteroatoms. The van der Waals surface area contributed by atoms with Crippen molar-refractivity contribution in [3.05, 3.63) is 41.7 Å². The highest BCUT2D eigenvalue weighted by atomic mass is 32.2. The third kappa shape index (κ3) is 5.28. The molecular weight excluding hydrogens is 350 g/mol. The van der Waals surface area contributed by atoms with Gasteiger partial charge < -0.3 is 10.4 Å². The first-order valence-electron chi connectivity index (χ1n) is 7.29. The number of para-hydroxylation sites is 1. The molecule has 0 aliphatic carbocycles. The van der Waals surface area contributed by atoms with Crippen molar-refractivity contribution in [3.63, 3.8) is 0 Å². The van der Waals surface area contributed by atoms with Crippen molar-refractivity contribution in [1.82, 2.24) is 20.3 Å². The van der Waals surface area contributed by atoms with E-state index in [2.05, 4.69) is 20.4 Å². The van der Waals surface area contributed by atoms with E-state index in [4.69, 9.17) is 5.11 Å². The van der Waals surface area contributed by atoms with Crippen LogP contribution in [-0.4, -0.2) is 46.1 Å². The summed E-state index contributed by atoms with van der Waals surface area (Å²) in [6, 6.07) is 6.21. The summed E-state index contributed by atoms with van der Waals surface area (Å²) >= 11 is 0. The average molecular weight is 367 g/mol. The molecule has 0 aliphatic heterocycles. The smallest absolute Gasteiger partial charge is 0.325 e. The number of nitrogens with one attached hydrogen (secondary N) is 2. The number of rotatable bonds is 8. The Morgan fingerprint density at radius 1 is 1.28 bits per heavy atom. The lowest BCUT2D eigenvalue weighted by Crippen LogP contribution is -2.25. The van der Waals surface area contributed by atoms with Gasteiger partial charge in [0.05, 0.1) is 29.7 Å². The molecule has 25 heavy (non-hydrogen) atoms. The zero-order valence-electron chi connectivity index (χ0n) is 13.3. The average Bonchev–Trinajstić information content (AvgIpc) is 2.99. The van der Waals surface area contributed by atoms with Gasteiger partial charge in [-0.15, -0.1) is 5.10 Å². The van der Waals surface area contributed by atoms with Crippen molar-refractivity contribution < 1.29 is 23.1 Å². The minimum atomic E-state index is -3.52. The molecule has 0 radical (unpaired) electrons. The predicted octanol–water partition coefficient (Wildman–Crippen LogP) is 0.0543. The van der Waals surface area contributed by atoms with Crippen LogP contribution in [0.15, 0.2) is 30.5 Å². The molecule has 0 aliphatic rings. The number of carboxylic acid groups (broad SMARTS) is 1. The summed E-state index contributed by atoms with van der Waals surface area (Å²) in [6.45, 7) is 1.18. The summed E-state index contributed by atoms with van der Waals surface area (Å²) in [5.41, 5.74) is 0.718. The molecule has 0 unspecified atom stereocenters.